The van der Waals surface area contributed by atoms with Crippen LogP contribution in [0.5, 0.6) is 5.75 Å². The van der Waals surface area contributed by atoms with Crippen molar-refractivity contribution >= 4 is 45.7 Å². The highest BCUT2D eigenvalue weighted by molar-refractivity contribution is 9.10. The highest BCUT2D eigenvalue weighted by Crippen LogP contribution is 2.18. The summed E-state index contributed by atoms with van der Waals surface area (Å²) in [5.74, 6) is -0.0307. The van der Waals surface area contributed by atoms with E-state index in [1.165, 1.54) is 0 Å². The van der Waals surface area contributed by atoms with Crippen LogP contribution in [0.3, 0.4) is 0 Å². The average Bonchev–Trinajstić information content (AvgIpc) is 2.88. The molecule has 5 heteroatoms. The minimum atomic E-state index is -0.420. The van der Waals surface area contributed by atoms with Gasteiger partial charge in [-0.25, -0.2) is 4.79 Å². The summed E-state index contributed by atoms with van der Waals surface area (Å²) >= 11 is 3.35. The lowest BCUT2D eigenvalue weighted by Gasteiger charge is -2.05. The van der Waals surface area contributed by atoms with E-state index in [0.717, 1.165) is 21.3 Å². The molecule has 0 aliphatic rings. The second-order valence-electron chi connectivity index (χ2n) is 7.38. The van der Waals surface area contributed by atoms with Crippen LogP contribution in [0.4, 0.5) is 5.69 Å². The molecular weight excluding hydrogens is 490 g/mol. The second kappa shape index (κ2) is 11.2. The van der Waals surface area contributed by atoms with E-state index < -0.39 is 5.97 Å². The Bertz CT molecular complexity index is 1340. The van der Waals surface area contributed by atoms with E-state index in [1.807, 2.05) is 48.5 Å². The third kappa shape index (κ3) is 6.47. The normalized spacial score (nSPS) is 11.1. The Morgan fingerprint density at radius 3 is 2.18 bits per heavy atom. The molecule has 0 aromatic heterocycles. The molecule has 0 heterocycles. The summed E-state index contributed by atoms with van der Waals surface area (Å²) in [6, 6.07) is 30.9. The van der Waals surface area contributed by atoms with Crippen LogP contribution >= 0.6 is 15.9 Å². The molecule has 0 aliphatic carbocycles. The fourth-order valence-corrected chi connectivity index (χ4v) is 3.50. The average molecular weight is 510 g/mol. The number of nitrogens with zero attached hydrogens (tertiary/aromatic N) is 1. The molecule has 0 unspecified atom stereocenters. The Balaban J connectivity index is 1.34. The maximum absolute atomic E-state index is 12.4. The van der Waals surface area contributed by atoms with Gasteiger partial charge in [0.15, 0.2) is 5.78 Å². The van der Waals surface area contributed by atoms with Gasteiger partial charge in [0, 0.05) is 16.3 Å². The third-order valence-electron chi connectivity index (χ3n) is 4.89. The van der Waals surface area contributed by atoms with Gasteiger partial charge in [0.05, 0.1) is 11.3 Å². The number of carbonyl (C=O) groups is 2. The maximum atomic E-state index is 12.4. The summed E-state index contributed by atoms with van der Waals surface area (Å²) in [4.78, 5) is 29.1. The Hall–Kier alpha value is -4.09. The topological polar surface area (TPSA) is 55.7 Å². The molecule has 0 saturated heterocycles. The van der Waals surface area contributed by atoms with Crippen LogP contribution in [0.25, 0.3) is 6.08 Å². The van der Waals surface area contributed by atoms with Gasteiger partial charge in [-0.15, -0.1) is 0 Å². The molecule has 0 amide bonds. The van der Waals surface area contributed by atoms with Crippen molar-refractivity contribution < 1.29 is 14.3 Å². The minimum absolute atomic E-state index is 0.0626. The summed E-state index contributed by atoms with van der Waals surface area (Å²) in [5.41, 5.74) is 3.63. The van der Waals surface area contributed by atoms with Crippen molar-refractivity contribution in [3.8, 4) is 5.75 Å². The van der Waals surface area contributed by atoms with E-state index >= 15 is 0 Å². The Labute approximate surface area is 206 Å². The number of ketones is 1. The molecule has 4 aromatic rings. The van der Waals surface area contributed by atoms with Gasteiger partial charge in [-0.3, -0.25) is 9.79 Å². The molecule has 0 atom stereocenters. The van der Waals surface area contributed by atoms with E-state index in [1.54, 1.807) is 73.0 Å². The van der Waals surface area contributed by atoms with Crippen LogP contribution in [-0.4, -0.2) is 18.0 Å². The first-order valence-corrected chi connectivity index (χ1v) is 11.4. The van der Waals surface area contributed by atoms with Crippen molar-refractivity contribution in [3.63, 3.8) is 0 Å². The van der Waals surface area contributed by atoms with Gasteiger partial charge < -0.3 is 4.74 Å². The van der Waals surface area contributed by atoms with Crippen LogP contribution in [0.2, 0.25) is 0 Å². The summed E-state index contributed by atoms with van der Waals surface area (Å²) in [6.07, 6.45) is 5.08. The molecule has 0 N–H and O–H groups in total. The highest BCUT2D eigenvalue weighted by Gasteiger charge is 2.08. The third-order valence-corrected chi connectivity index (χ3v) is 5.39. The number of hydrogen-bond acceptors (Lipinski definition) is 4. The summed E-state index contributed by atoms with van der Waals surface area (Å²) in [5, 5.41) is 0. The zero-order valence-corrected chi connectivity index (χ0v) is 19.7. The summed E-state index contributed by atoms with van der Waals surface area (Å²) in [7, 11) is 0. The van der Waals surface area contributed by atoms with Gasteiger partial charge in [-0.2, -0.15) is 0 Å². The lowest BCUT2D eigenvalue weighted by Crippen LogP contribution is -2.08. The number of rotatable bonds is 7. The van der Waals surface area contributed by atoms with E-state index in [-0.39, 0.29) is 5.78 Å². The van der Waals surface area contributed by atoms with Crippen molar-refractivity contribution in [1.29, 1.82) is 0 Å². The van der Waals surface area contributed by atoms with E-state index in [2.05, 4.69) is 20.9 Å². The standard InChI is InChI=1S/C29H20BrNO3/c30-25-8-4-7-24(19-25)29(33)34-27-16-9-22(10-17-27)20-31-26-14-12-23(13-15-26)28(32)18-11-21-5-2-1-3-6-21/h1-20H. The molecule has 0 spiro atoms. The number of aliphatic imine (C=N–C) groups is 1. The zero-order chi connectivity index (χ0) is 23.8. The quantitative estimate of drug-likeness (QED) is 0.0861. The predicted molar refractivity (Wildman–Crippen MR) is 139 cm³/mol. The monoisotopic (exact) mass is 509 g/mol. The number of esters is 1. The van der Waals surface area contributed by atoms with Gasteiger partial charge in [0.25, 0.3) is 0 Å². The first-order valence-electron chi connectivity index (χ1n) is 10.6. The van der Waals surface area contributed by atoms with Crippen LogP contribution in [0, 0.1) is 0 Å². The van der Waals surface area contributed by atoms with E-state index in [4.69, 9.17) is 4.74 Å². The Morgan fingerprint density at radius 2 is 1.47 bits per heavy atom. The van der Waals surface area contributed by atoms with Crippen molar-refractivity contribution in [2.45, 2.75) is 0 Å². The number of allylic oxidation sites excluding steroid dienone is 1. The van der Waals surface area contributed by atoms with Crippen LogP contribution in [0.15, 0.2) is 119 Å². The largest absolute Gasteiger partial charge is 0.423 e. The molecule has 0 aliphatic heterocycles. The number of benzene rings is 4. The van der Waals surface area contributed by atoms with E-state index in [0.29, 0.717) is 16.9 Å². The van der Waals surface area contributed by atoms with Gasteiger partial charge in [-0.05, 0) is 83.9 Å². The van der Waals surface area contributed by atoms with Crippen LogP contribution in [0.1, 0.15) is 31.8 Å². The molecule has 4 rings (SSSR count). The highest BCUT2D eigenvalue weighted by atomic mass is 79.9. The Kier molecular flexibility index (Phi) is 7.58. The minimum Gasteiger partial charge on any atom is -0.423 e. The molecule has 34 heavy (non-hydrogen) atoms. The zero-order valence-electron chi connectivity index (χ0n) is 18.1. The molecule has 166 valence electrons. The first kappa shape index (κ1) is 23.1. The van der Waals surface area contributed by atoms with E-state index in [9.17, 15) is 9.59 Å². The molecule has 0 bridgehead atoms. The van der Waals surface area contributed by atoms with Gasteiger partial charge >= 0.3 is 5.97 Å². The van der Waals surface area contributed by atoms with Crippen molar-refractivity contribution in [3.05, 3.63) is 136 Å². The first-order chi connectivity index (χ1) is 16.6. The summed E-state index contributed by atoms with van der Waals surface area (Å²) < 4.78 is 6.23. The molecule has 0 saturated carbocycles. The number of carbonyl (C=O) groups excluding carboxylic acids is 2. The van der Waals surface area contributed by atoms with Crippen molar-refractivity contribution in [2.75, 3.05) is 0 Å². The number of ether oxygens (including phenoxy) is 1. The fourth-order valence-electron chi connectivity index (χ4n) is 3.10. The van der Waals surface area contributed by atoms with Gasteiger partial charge in [-0.1, -0.05) is 58.4 Å². The molecule has 0 radical (unpaired) electrons. The number of halogens is 1. The van der Waals surface area contributed by atoms with Crippen molar-refractivity contribution in [2.24, 2.45) is 4.99 Å². The smallest absolute Gasteiger partial charge is 0.343 e. The number of hydrogen-bond donors (Lipinski definition) is 0. The fraction of sp³-hybridized carbons (Fsp3) is 0. The second-order valence-corrected chi connectivity index (χ2v) is 8.30. The SMILES string of the molecule is O=C(C=Cc1ccccc1)c1ccc(N=Cc2ccc(OC(=O)c3cccc(Br)c3)cc2)cc1. The van der Waals surface area contributed by atoms with Gasteiger partial charge in [0.1, 0.15) is 5.75 Å². The lowest BCUT2D eigenvalue weighted by molar-refractivity contribution is 0.0734. The van der Waals surface area contributed by atoms with Crippen molar-refractivity contribution in [1.82, 2.24) is 0 Å². The summed E-state index contributed by atoms with van der Waals surface area (Å²) in [6.45, 7) is 0. The molecule has 0 fully saturated rings. The molecule has 4 aromatic carbocycles. The van der Waals surface area contributed by atoms with Crippen LogP contribution in [-0.2, 0) is 0 Å². The van der Waals surface area contributed by atoms with Gasteiger partial charge in [0.2, 0.25) is 0 Å². The maximum Gasteiger partial charge on any atom is 0.343 e. The Morgan fingerprint density at radius 1 is 0.735 bits per heavy atom. The lowest BCUT2D eigenvalue weighted by atomic mass is 10.1. The van der Waals surface area contributed by atoms with Crippen LogP contribution < -0.4 is 4.74 Å². The predicted octanol–water partition coefficient (Wildman–Crippen LogP) is 7.32. The molecule has 4 nitrogen and oxygen atoms in total. The molecular formula is C29H20BrNO3.